The number of aromatic nitrogens is 5. The normalized spacial score (nSPS) is 17.8. The molecule has 1 aliphatic carbocycles. The number of esters is 1. The first kappa shape index (κ1) is 82.8. The Hall–Kier alpha value is -8.26. The molecule has 2 fully saturated rings. The lowest BCUT2D eigenvalue weighted by Crippen LogP contribution is -2.47. The second kappa shape index (κ2) is 43.1. The lowest BCUT2D eigenvalue weighted by atomic mass is 9.79. The third kappa shape index (κ3) is 24.4. The molecule has 9 rings (SSSR count). The average Bonchev–Trinajstić information content (AvgIpc) is 1.61. The van der Waals surface area contributed by atoms with E-state index in [4.69, 9.17) is 61.8 Å². The van der Waals surface area contributed by atoms with Gasteiger partial charge in [-0.3, -0.25) is 38.5 Å². The van der Waals surface area contributed by atoms with Crippen molar-refractivity contribution in [1.29, 1.82) is 0 Å². The number of rotatable bonds is 51. The number of carbonyl (C=O) groups excluding carboxylic acids is 8. The van der Waals surface area contributed by atoms with E-state index in [0.29, 0.717) is 185 Å². The minimum absolute atomic E-state index is 0.0145. The number of likely N-dealkylation sites (tertiary alicyclic amines) is 1. The zero-order valence-corrected chi connectivity index (χ0v) is 62.3. The minimum Gasteiger partial charge on any atom is -0.508 e. The van der Waals surface area contributed by atoms with Gasteiger partial charge in [0.25, 0.3) is 5.56 Å². The van der Waals surface area contributed by atoms with E-state index in [1.54, 1.807) is 71.6 Å². The van der Waals surface area contributed by atoms with Crippen molar-refractivity contribution in [3.05, 3.63) is 98.6 Å². The number of hydrogen-bond donors (Lipinski definition) is 2. The van der Waals surface area contributed by atoms with Crippen LogP contribution in [0.25, 0.3) is 22.3 Å². The molecule has 2 N–H and O–H groups in total. The van der Waals surface area contributed by atoms with Crippen molar-refractivity contribution >= 4 is 63.8 Å². The Morgan fingerprint density at radius 1 is 0.710 bits per heavy atom. The highest BCUT2D eigenvalue weighted by Gasteiger charge is 2.51. The van der Waals surface area contributed by atoms with Gasteiger partial charge < -0.3 is 71.8 Å². The molecule has 6 heterocycles. The van der Waals surface area contributed by atoms with Crippen LogP contribution in [0.5, 0.6) is 5.75 Å². The fourth-order valence-electron chi connectivity index (χ4n) is 13.8. The monoisotopic (exact) mass is 1490 g/mol. The Morgan fingerprint density at radius 2 is 1.35 bits per heavy atom. The highest BCUT2D eigenvalue weighted by Crippen LogP contribution is 2.43. The minimum atomic E-state index is -1.99. The summed E-state index contributed by atoms with van der Waals surface area (Å²) in [5.41, 5.74) is 3.15. The fraction of sp³-hybridized carbons (Fsp3) is 0.615. The molecule has 5 aromatic rings. The van der Waals surface area contributed by atoms with E-state index in [2.05, 4.69) is 15.6 Å². The first-order valence-corrected chi connectivity index (χ1v) is 37.8. The van der Waals surface area contributed by atoms with E-state index in [1.165, 1.54) is 4.90 Å². The predicted molar refractivity (Wildman–Crippen MR) is 388 cm³/mol. The number of fused-ring (bicyclic) bond motifs is 5. The molecule has 1 saturated carbocycles. The lowest BCUT2D eigenvalue weighted by Gasteiger charge is -2.35. The van der Waals surface area contributed by atoms with Crippen LogP contribution in [-0.4, -0.2) is 207 Å². The number of aromatic hydroxyl groups is 1. The van der Waals surface area contributed by atoms with Crippen LogP contribution in [0.15, 0.2) is 59.5 Å². The van der Waals surface area contributed by atoms with Gasteiger partial charge in [-0.25, -0.2) is 19.3 Å². The molecule has 0 spiro atoms. The maximum Gasteiger partial charge on any atom is 0.510 e. The number of amides is 3. The summed E-state index contributed by atoms with van der Waals surface area (Å²) in [5.74, 6) is -2.07. The SMILES string of the molecule is CCCCCC(CC(=O)COCC(=O)CCCOCCOCCOCCOCCOCCOCCOCCOCCn1cc(CCC(=O)C2CCC(CN3C(=O)CC(C)C3=O)CC2)nn1)C(=O)Nc1ccc(COC(=O)OC2(CC)C(=O)OCc3c2cc2n(c3=O)Cc3c-2nc2ccc(O)cc2c3CC)cc1. The zero-order valence-electron chi connectivity index (χ0n) is 62.3. The molecule has 29 heteroatoms. The van der Waals surface area contributed by atoms with Gasteiger partial charge in [-0.2, -0.15) is 0 Å². The fourth-order valence-corrected chi connectivity index (χ4v) is 13.8. The summed E-state index contributed by atoms with van der Waals surface area (Å²) in [6, 6.07) is 13.2. The Bertz CT molecular complexity index is 3830. The van der Waals surface area contributed by atoms with Gasteiger partial charge in [-0.1, -0.05) is 64.3 Å². The number of Topliss-reactive ketones (excluding diaryl/α,β-unsaturated/α-hetero) is 3. The van der Waals surface area contributed by atoms with Gasteiger partial charge in [0.05, 0.1) is 140 Å². The molecule has 0 radical (unpaired) electrons. The van der Waals surface area contributed by atoms with E-state index in [-0.39, 0.29) is 122 Å². The molecule has 3 amide bonds. The number of ether oxygens (including phenoxy) is 12. The molecule has 1 saturated heterocycles. The number of nitrogens with zero attached hydrogens (tertiary/aromatic N) is 6. The van der Waals surface area contributed by atoms with Crippen LogP contribution in [0.3, 0.4) is 0 Å². The van der Waals surface area contributed by atoms with E-state index < -0.39 is 29.2 Å². The number of anilines is 1. The quantitative estimate of drug-likeness (QED) is 0.0206. The Kier molecular flexibility index (Phi) is 33.3. The highest BCUT2D eigenvalue weighted by molar-refractivity contribution is 6.03. The number of aryl methyl sites for hydroxylation is 2. The van der Waals surface area contributed by atoms with Crippen LogP contribution < -0.4 is 10.9 Å². The van der Waals surface area contributed by atoms with Crippen molar-refractivity contribution in [2.45, 2.75) is 162 Å². The van der Waals surface area contributed by atoms with Crippen LogP contribution in [0.2, 0.25) is 0 Å². The number of benzene rings is 2. The van der Waals surface area contributed by atoms with Crippen molar-refractivity contribution in [1.82, 2.24) is 29.4 Å². The van der Waals surface area contributed by atoms with Gasteiger partial charge in [0, 0.05) is 91.4 Å². The van der Waals surface area contributed by atoms with Gasteiger partial charge >= 0.3 is 12.1 Å². The van der Waals surface area contributed by atoms with E-state index in [9.17, 15) is 48.3 Å². The van der Waals surface area contributed by atoms with Crippen LogP contribution in [0.4, 0.5) is 10.5 Å². The number of pyridine rings is 2. The summed E-state index contributed by atoms with van der Waals surface area (Å²) >= 11 is 0. The summed E-state index contributed by atoms with van der Waals surface area (Å²) in [6.45, 7) is 14.2. The molecule has 3 aliphatic heterocycles. The first-order chi connectivity index (χ1) is 52.0. The van der Waals surface area contributed by atoms with E-state index >= 15 is 0 Å². The topological polar surface area (TPSA) is 348 Å². The van der Waals surface area contributed by atoms with E-state index in [1.807, 2.05) is 20.0 Å². The number of nitrogens with one attached hydrogen (secondary N) is 1. The van der Waals surface area contributed by atoms with Gasteiger partial charge in [-0.05, 0) is 105 Å². The van der Waals surface area contributed by atoms with Crippen LogP contribution in [0, 0.1) is 23.7 Å². The van der Waals surface area contributed by atoms with Crippen molar-refractivity contribution in [3.8, 4) is 17.1 Å². The smallest absolute Gasteiger partial charge is 0.508 e. The summed E-state index contributed by atoms with van der Waals surface area (Å²) in [5, 5.41) is 22.3. The summed E-state index contributed by atoms with van der Waals surface area (Å²) in [7, 11) is 0. The third-order valence-electron chi connectivity index (χ3n) is 19.7. The standard InChI is InChI=1S/C78H105N7O22/c1-5-8-9-11-57(73(91)79-58-19-15-55(16-20-58)49-106-77(95)107-78(7-3)67-45-69-72-65(48-84(69)75(93)66(67)52-105-76(78)94)63(6-2)64-44-60(86)22-23-68(64)80-72)43-62(88)51-104-50-61(87)12-10-26-96-28-30-98-32-34-100-36-38-102-40-41-103-39-37-101-35-33-99-31-29-97-27-25-83-47-59(81-82-83)21-24-70(89)56-17-13-54(14-18-56)46-85-71(90)42-53(4)74(85)92/h15-16,19-20,22-23,44-45,47,53-54,56-57,86H,5-14,17-18,21,24-43,46,48-52H2,1-4H3,(H,79,91). The van der Waals surface area contributed by atoms with Crippen molar-refractivity contribution in [3.63, 3.8) is 0 Å². The van der Waals surface area contributed by atoms with Crippen molar-refractivity contribution in [2.75, 3.05) is 131 Å². The van der Waals surface area contributed by atoms with Crippen molar-refractivity contribution in [2.24, 2.45) is 23.7 Å². The number of phenolic OH excluding ortho intramolecular Hbond substituents is 1. The van der Waals surface area contributed by atoms with Gasteiger partial charge in [0.15, 0.2) is 11.6 Å². The zero-order chi connectivity index (χ0) is 75.9. The maximum atomic E-state index is 14.1. The van der Waals surface area contributed by atoms with Crippen LogP contribution in [-0.2, 0) is 135 Å². The van der Waals surface area contributed by atoms with Crippen molar-refractivity contribution < 1.29 is 100 Å². The maximum absolute atomic E-state index is 14.1. The molecule has 29 nitrogen and oxygen atoms in total. The number of phenols is 1. The lowest BCUT2D eigenvalue weighted by molar-refractivity contribution is -0.175. The molecule has 2 aromatic carbocycles. The summed E-state index contributed by atoms with van der Waals surface area (Å²) < 4.78 is 70.3. The molecular formula is C78H105N7O22. The number of carbonyl (C=O) groups is 8. The largest absolute Gasteiger partial charge is 0.510 e. The molecular weight excluding hydrogens is 1390 g/mol. The summed E-state index contributed by atoms with van der Waals surface area (Å²) in [4.78, 5) is 124. The number of unbranched alkanes of at least 4 members (excludes halogenated alkanes) is 2. The van der Waals surface area contributed by atoms with Crippen LogP contribution in [0.1, 0.15) is 151 Å². The first-order valence-electron chi connectivity index (χ1n) is 37.8. The van der Waals surface area contributed by atoms with Gasteiger partial charge in [-0.15, -0.1) is 5.10 Å². The molecule has 107 heavy (non-hydrogen) atoms. The average molecular weight is 1490 g/mol. The molecule has 584 valence electrons. The second-order valence-electron chi connectivity index (χ2n) is 27.4. The summed E-state index contributed by atoms with van der Waals surface area (Å²) in [6.07, 6.45) is 9.37. The molecule has 3 atom stereocenters. The van der Waals surface area contributed by atoms with E-state index in [0.717, 1.165) is 67.2 Å². The molecule has 3 unspecified atom stereocenters. The Morgan fingerprint density at radius 3 is 1.96 bits per heavy atom. The van der Waals surface area contributed by atoms with Gasteiger partial charge in [0.2, 0.25) is 23.3 Å². The number of cyclic esters (lactones) is 1. The molecule has 4 aliphatic rings. The second-order valence-corrected chi connectivity index (χ2v) is 27.4. The number of hydrogen-bond acceptors (Lipinski definition) is 25. The Labute approximate surface area is 623 Å². The number of ketones is 3. The molecule has 3 aromatic heterocycles. The van der Waals surface area contributed by atoms with Crippen LogP contribution >= 0.6 is 0 Å². The number of imide groups is 1. The third-order valence-corrected chi connectivity index (χ3v) is 19.7. The highest BCUT2D eigenvalue weighted by atomic mass is 16.7. The molecule has 0 bridgehead atoms. The Balaban J connectivity index is 0.527. The van der Waals surface area contributed by atoms with Gasteiger partial charge in [0.1, 0.15) is 38.0 Å². The predicted octanol–water partition coefficient (Wildman–Crippen LogP) is 8.30.